The molecule has 3 rings (SSSR count). The average molecular weight is 451 g/mol. The van der Waals surface area contributed by atoms with Crippen molar-refractivity contribution in [1.82, 2.24) is 20.8 Å². The van der Waals surface area contributed by atoms with Gasteiger partial charge in [0.05, 0.1) is 4.92 Å². The largest absolute Gasteiger partial charge is 0.350 e. The van der Waals surface area contributed by atoms with Gasteiger partial charge in [-0.3, -0.25) is 19.7 Å². The number of hydrogen-bond donors (Lipinski definition) is 2. The van der Waals surface area contributed by atoms with Crippen LogP contribution in [-0.4, -0.2) is 40.0 Å². The second kappa shape index (κ2) is 9.60. The first-order chi connectivity index (χ1) is 15.6. The van der Waals surface area contributed by atoms with Gasteiger partial charge in [-0.15, -0.1) is 0 Å². The molecule has 0 fully saturated rings. The fourth-order valence-corrected chi connectivity index (χ4v) is 3.08. The van der Waals surface area contributed by atoms with Crippen molar-refractivity contribution in [3.8, 4) is 11.4 Å². The Morgan fingerprint density at radius 2 is 1.67 bits per heavy atom. The van der Waals surface area contributed by atoms with Crippen molar-refractivity contribution in [2.45, 2.75) is 33.1 Å². The molecular formula is C23H25N5O5. The first-order valence-corrected chi connectivity index (χ1v) is 10.3. The van der Waals surface area contributed by atoms with Gasteiger partial charge in [-0.25, -0.2) is 0 Å². The van der Waals surface area contributed by atoms with Crippen LogP contribution in [0.2, 0.25) is 0 Å². The van der Waals surface area contributed by atoms with Gasteiger partial charge in [-0.1, -0.05) is 50.2 Å². The highest BCUT2D eigenvalue weighted by molar-refractivity contribution is 5.94. The Balaban J connectivity index is 1.51. The van der Waals surface area contributed by atoms with E-state index in [-0.39, 0.29) is 30.1 Å². The zero-order valence-electron chi connectivity index (χ0n) is 18.8. The maximum absolute atomic E-state index is 12.3. The molecule has 0 spiro atoms. The lowest BCUT2D eigenvalue weighted by molar-refractivity contribution is -0.385. The lowest BCUT2D eigenvalue weighted by Crippen LogP contribution is -2.34. The Bertz CT molecular complexity index is 1180. The molecule has 0 unspecified atom stereocenters. The third-order valence-corrected chi connectivity index (χ3v) is 4.98. The summed E-state index contributed by atoms with van der Waals surface area (Å²) in [5, 5.41) is 20.0. The van der Waals surface area contributed by atoms with E-state index in [4.69, 9.17) is 4.52 Å². The molecule has 172 valence electrons. The van der Waals surface area contributed by atoms with Crippen LogP contribution in [0.4, 0.5) is 5.69 Å². The Morgan fingerprint density at radius 1 is 1.03 bits per heavy atom. The smallest absolute Gasteiger partial charge is 0.316 e. The number of nitrogens with zero attached hydrogens (tertiary/aromatic N) is 3. The lowest BCUT2D eigenvalue weighted by atomic mass is 9.87. The number of carbonyl (C=O) groups excluding carboxylic acids is 2. The van der Waals surface area contributed by atoms with Gasteiger partial charge in [0.1, 0.15) is 0 Å². The van der Waals surface area contributed by atoms with Crippen LogP contribution in [0.5, 0.6) is 0 Å². The van der Waals surface area contributed by atoms with E-state index in [0.29, 0.717) is 17.0 Å². The highest BCUT2D eigenvalue weighted by atomic mass is 16.6. The molecule has 0 saturated carbocycles. The molecule has 0 bridgehead atoms. The van der Waals surface area contributed by atoms with Crippen LogP contribution in [0.3, 0.4) is 0 Å². The highest BCUT2D eigenvalue weighted by Gasteiger charge is 2.18. The van der Waals surface area contributed by atoms with E-state index in [2.05, 4.69) is 41.5 Å². The standard InChI is InChI=1S/C23H25N5O5/c1-14-13-16(7-10-18(14)28(31)32)20(29)24-11-12-25-21(30)22-26-19(27-33-22)15-5-8-17(9-6-15)23(2,3)4/h5-10,13H,11-12H2,1-4H3,(H,24,29)(H,25,30). The predicted octanol–water partition coefficient (Wildman–Crippen LogP) is 3.41. The van der Waals surface area contributed by atoms with Gasteiger partial charge in [-0.2, -0.15) is 4.98 Å². The minimum atomic E-state index is -0.555. The third-order valence-electron chi connectivity index (χ3n) is 4.98. The maximum Gasteiger partial charge on any atom is 0.316 e. The van der Waals surface area contributed by atoms with E-state index in [9.17, 15) is 19.7 Å². The first-order valence-electron chi connectivity index (χ1n) is 10.3. The molecule has 0 atom stereocenters. The van der Waals surface area contributed by atoms with Crippen LogP contribution in [0.25, 0.3) is 11.4 Å². The average Bonchev–Trinajstić information content (AvgIpc) is 3.26. The molecule has 1 aromatic heterocycles. The highest BCUT2D eigenvalue weighted by Crippen LogP contribution is 2.25. The zero-order valence-corrected chi connectivity index (χ0v) is 18.8. The van der Waals surface area contributed by atoms with Crippen LogP contribution < -0.4 is 10.6 Å². The molecule has 10 heteroatoms. The normalized spacial score (nSPS) is 11.2. The molecule has 1 heterocycles. The number of amides is 2. The first kappa shape index (κ1) is 23.6. The molecular weight excluding hydrogens is 426 g/mol. The van der Waals surface area contributed by atoms with E-state index in [1.54, 1.807) is 6.92 Å². The summed E-state index contributed by atoms with van der Waals surface area (Å²) in [4.78, 5) is 39.0. The van der Waals surface area contributed by atoms with Crippen molar-refractivity contribution in [2.75, 3.05) is 13.1 Å². The van der Waals surface area contributed by atoms with Gasteiger partial charge in [0.2, 0.25) is 5.82 Å². The number of nitro benzene ring substituents is 1. The van der Waals surface area contributed by atoms with Crippen molar-refractivity contribution < 1.29 is 19.0 Å². The molecule has 33 heavy (non-hydrogen) atoms. The molecule has 0 saturated heterocycles. The second-order valence-electron chi connectivity index (χ2n) is 8.52. The lowest BCUT2D eigenvalue weighted by Gasteiger charge is -2.18. The SMILES string of the molecule is Cc1cc(C(=O)NCCNC(=O)c2nc(-c3ccc(C(C)(C)C)cc3)no2)ccc1[N+](=O)[O-]. The number of aromatic nitrogens is 2. The number of benzene rings is 2. The minimum Gasteiger partial charge on any atom is -0.350 e. The van der Waals surface area contributed by atoms with Crippen molar-refractivity contribution in [3.63, 3.8) is 0 Å². The van der Waals surface area contributed by atoms with E-state index in [1.165, 1.54) is 23.8 Å². The number of carbonyl (C=O) groups is 2. The molecule has 2 amide bonds. The van der Waals surface area contributed by atoms with Crippen LogP contribution in [0, 0.1) is 17.0 Å². The van der Waals surface area contributed by atoms with Gasteiger partial charge >= 0.3 is 11.8 Å². The molecule has 3 aromatic rings. The number of aryl methyl sites for hydroxylation is 1. The van der Waals surface area contributed by atoms with Crippen molar-refractivity contribution >= 4 is 17.5 Å². The minimum absolute atomic E-state index is 0.0214. The summed E-state index contributed by atoms with van der Waals surface area (Å²) >= 11 is 0. The summed E-state index contributed by atoms with van der Waals surface area (Å²) in [5.41, 5.74) is 2.55. The summed E-state index contributed by atoms with van der Waals surface area (Å²) in [6.07, 6.45) is 0. The van der Waals surface area contributed by atoms with Crippen molar-refractivity contribution in [3.05, 3.63) is 75.2 Å². The molecule has 0 aliphatic heterocycles. The summed E-state index contributed by atoms with van der Waals surface area (Å²) in [6, 6.07) is 11.8. The maximum atomic E-state index is 12.3. The van der Waals surface area contributed by atoms with Crippen LogP contribution in [-0.2, 0) is 5.41 Å². The monoisotopic (exact) mass is 451 g/mol. The topological polar surface area (TPSA) is 140 Å². The number of rotatable bonds is 7. The van der Waals surface area contributed by atoms with Gasteiger partial charge in [0.15, 0.2) is 0 Å². The fraction of sp³-hybridized carbons (Fsp3) is 0.304. The van der Waals surface area contributed by atoms with E-state index < -0.39 is 16.7 Å². The fourth-order valence-electron chi connectivity index (χ4n) is 3.08. The molecule has 2 N–H and O–H groups in total. The van der Waals surface area contributed by atoms with Gasteiger partial charge in [-0.05, 0) is 30.0 Å². The number of nitrogens with one attached hydrogen (secondary N) is 2. The molecule has 0 aliphatic rings. The van der Waals surface area contributed by atoms with Gasteiger partial charge in [0, 0.05) is 35.8 Å². The molecule has 0 aliphatic carbocycles. The van der Waals surface area contributed by atoms with Crippen LogP contribution >= 0.6 is 0 Å². The quantitative estimate of drug-likeness (QED) is 0.319. The number of nitro groups is 1. The summed E-state index contributed by atoms with van der Waals surface area (Å²) in [5.74, 6) is -0.828. The second-order valence-corrected chi connectivity index (χ2v) is 8.52. The third kappa shape index (κ3) is 5.79. The van der Waals surface area contributed by atoms with E-state index in [1.807, 2.05) is 24.3 Å². The summed E-state index contributed by atoms with van der Waals surface area (Å²) in [6.45, 7) is 8.20. The Labute approximate surface area is 190 Å². The molecule has 2 aromatic carbocycles. The predicted molar refractivity (Wildman–Crippen MR) is 121 cm³/mol. The van der Waals surface area contributed by atoms with Crippen LogP contribution in [0.1, 0.15) is 52.9 Å². The molecule has 0 radical (unpaired) electrons. The zero-order chi connectivity index (χ0) is 24.2. The summed E-state index contributed by atoms with van der Waals surface area (Å²) in [7, 11) is 0. The van der Waals surface area contributed by atoms with E-state index >= 15 is 0 Å². The molecule has 10 nitrogen and oxygen atoms in total. The van der Waals surface area contributed by atoms with Gasteiger partial charge in [0.25, 0.3) is 11.6 Å². The van der Waals surface area contributed by atoms with Crippen LogP contribution in [0.15, 0.2) is 47.0 Å². The Kier molecular flexibility index (Phi) is 6.86. The van der Waals surface area contributed by atoms with Crippen molar-refractivity contribution in [2.24, 2.45) is 0 Å². The Morgan fingerprint density at radius 3 is 2.24 bits per heavy atom. The van der Waals surface area contributed by atoms with Gasteiger partial charge < -0.3 is 15.2 Å². The number of hydrogen-bond acceptors (Lipinski definition) is 7. The van der Waals surface area contributed by atoms with E-state index in [0.717, 1.165) is 5.56 Å². The Hall–Kier alpha value is -4.08. The van der Waals surface area contributed by atoms with Crippen molar-refractivity contribution in [1.29, 1.82) is 0 Å². The summed E-state index contributed by atoms with van der Waals surface area (Å²) < 4.78 is 5.05.